The Morgan fingerprint density at radius 2 is 1.71 bits per heavy atom. The third kappa shape index (κ3) is 6.76. The van der Waals surface area contributed by atoms with Crippen molar-refractivity contribution < 1.29 is 34.1 Å². The largest absolute Gasteiger partial charge is 0.478 e. The molecule has 3 atom stereocenters. The fourth-order valence-corrected chi connectivity index (χ4v) is 6.41. The van der Waals surface area contributed by atoms with Crippen LogP contribution in [0.4, 0.5) is 0 Å². The molecular formula is C35H35N3O7. The lowest BCUT2D eigenvalue weighted by atomic mass is 9.82. The Kier molecular flexibility index (Phi) is 8.66. The molecule has 0 radical (unpaired) electrons. The molecule has 3 N–H and O–H groups in total. The number of aromatic nitrogens is 2. The van der Waals surface area contributed by atoms with Crippen molar-refractivity contribution in [3.63, 3.8) is 0 Å². The molecule has 2 aliphatic rings. The molecule has 2 aliphatic carbocycles. The Balaban J connectivity index is 1.12. The Bertz CT molecular complexity index is 1700. The van der Waals surface area contributed by atoms with Crippen molar-refractivity contribution in [2.24, 2.45) is 5.41 Å². The molecule has 2 fully saturated rings. The monoisotopic (exact) mass is 609 g/mol. The molecule has 0 bridgehead atoms. The minimum Gasteiger partial charge on any atom is -0.478 e. The van der Waals surface area contributed by atoms with Crippen molar-refractivity contribution >= 4 is 17.8 Å². The van der Waals surface area contributed by atoms with E-state index >= 15 is 0 Å². The number of nitrogens with zero attached hydrogens (tertiary/aromatic N) is 2. The summed E-state index contributed by atoms with van der Waals surface area (Å²) in [4.78, 5) is 36.5. The molecule has 0 saturated heterocycles. The zero-order chi connectivity index (χ0) is 31.4. The van der Waals surface area contributed by atoms with Crippen LogP contribution in [-0.4, -0.2) is 50.0 Å². The summed E-state index contributed by atoms with van der Waals surface area (Å²) in [5, 5.41) is 26.3. The van der Waals surface area contributed by atoms with E-state index in [1.807, 2.05) is 60.7 Å². The smallest absolute Gasteiger partial charge is 0.356 e. The average molecular weight is 610 g/mol. The molecule has 10 nitrogen and oxygen atoms in total. The molecule has 2 saturated carbocycles. The highest BCUT2D eigenvalue weighted by molar-refractivity contribution is 5.89. The number of hydrogen-bond acceptors (Lipinski definition) is 6. The normalized spacial score (nSPS) is 20.4. The first-order chi connectivity index (χ1) is 21.8. The predicted octanol–water partition coefficient (Wildman–Crippen LogP) is 5.56. The van der Waals surface area contributed by atoms with E-state index < -0.39 is 11.9 Å². The Morgan fingerprint density at radius 3 is 2.51 bits per heavy atom. The van der Waals surface area contributed by atoms with E-state index in [4.69, 9.17) is 9.47 Å². The van der Waals surface area contributed by atoms with Gasteiger partial charge in [-0.25, -0.2) is 14.3 Å². The van der Waals surface area contributed by atoms with Crippen molar-refractivity contribution in [3.8, 4) is 17.0 Å². The van der Waals surface area contributed by atoms with Gasteiger partial charge in [-0.15, -0.1) is 0 Å². The van der Waals surface area contributed by atoms with Crippen LogP contribution in [0.15, 0.2) is 84.9 Å². The van der Waals surface area contributed by atoms with Crippen LogP contribution in [-0.2, 0) is 29.3 Å². The number of carbonyl (C=O) groups is 3. The van der Waals surface area contributed by atoms with Crippen molar-refractivity contribution in [1.82, 2.24) is 15.1 Å². The Morgan fingerprint density at radius 1 is 0.911 bits per heavy atom. The van der Waals surface area contributed by atoms with Crippen LogP contribution < -0.4 is 10.1 Å². The van der Waals surface area contributed by atoms with E-state index in [1.54, 1.807) is 12.1 Å². The SMILES string of the molecule is O=C(Cn1nc(C(=O)O)cc1OCc1ccccc1-c1cccc(C(=O)O)c1)NC1CC12CCCC[C@@H]2OCc1ccccc1. The Hall–Kier alpha value is -4.96. The van der Waals surface area contributed by atoms with E-state index in [2.05, 4.69) is 10.4 Å². The van der Waals surface area contributed by atoms with E-state index in [9.17, 15) is 24.6 Å². The topological polar surface area (TPSA) is 140 Å². The van der Waals surface area contributed by atoms with Gasteiger partial charge in [-0.1, -0.05) is 79.6 Å². The molecule has 1 spiro atoms. The van der Waals surface area contributed by atoms with Gasteiger partial charge in [0.05, 0.1) is 18.3 Å². The second-order valence-electron chi connectivity index (χ2n) is 11.8. The summed E-state index contributed by atoms with van der Waals surface area (Å²) >= 11 is 0. The molecule has 232 valence electrons. The van der Waals surface area contributed by atoms with E-state index in [1.165, 1.54) is 16.8 Å². The van der Waals surface area contributed by atoms with Crippen LogP contribution in [0.3, 0.4) is 0 Å². The van der Waals surface area contributed by atoms with Gasteiger partial charge in [0.1, 0.15) is 13.2 Å². The third-order valence-corrected chi connectivity index (χ3v) is 8.82. The summed E-state index contributed by atoms with van der Waals surface area (Å²) in [6, 6.07) is 25.4. The summed E-state index contributed by atoms with van der Waals surface area (Å²) in [5.41, 5.74) is 3.21. The summed E-state index contributed by atoms with van der Waals surface area (Å²) in [5.74, 6) is -2.39. The molecule has 1 heterocycles. The van der Waals surface area contributed by atoms with Crippen LogP contribution in [0, 0.1) is 5.41 Å². The van der Waals surface area contributed by atoms with Crippen LogP contribution >= 0.6 is 0 Å². The molecule has 6 rings (SSSR count). The van der Waals surface area contributed by atoms with Crippen molar-refractivity contribution in [1.29, 1.82) is 0 Å². The lowest BCUT2D eigenvalue weighted by Crippen LogP contribution is -2.39. The van der Waals surface area contributed by atoms with Gasteiger partial charge in [0.25, 0.3) is 0 Å². The first-order valence-corrected chi connectivity index (χ1v) is 15.1. The summed E-state index contributed by atoms with van der Waals surface area (Å²) in [6.07, 6.45) is 5.06. The molecule has 2 unspecified atom stereocenters. The van der Waals surface area contributed by atoms with Crippen LogP contribution in [0.5, 0.6) is 5.88 Å². The fraction of sp³-hybridized carbons (Fsp3) is 0.314. The first-order valence-electron chi connectivity index (χ1n) is 15.1. The lowest BCUT2D eigenvalue weighted by Gasteiger charge is -2.33. The number of amides is 1. The lowest BCUT2D eigenvalue weighted by molar-refractivity contribution is -0.122. The number of carboxylic acids is 2. The number of carboxylic acid groups (broad SMARTS) is 2. The zero-order valence-corrected chi connectivity index (χ0v) is 24.7. The van der Waals surface area contributed by atoms with Gasteiger partial charge >= 0.3 is 11.9 Å². The van der Waals surface area contributed by atoms with E-state index in [-0.39, 0.29) is 53.8 Å². The van der Waals surface area contributed by atoms with E-state index in [0.717, 1.165) is 48.8 Å². The zero-order valence-electron chi connectivity index (χ0n) is 24.7. The Labute approximate surface area is 260 Å². The second-order valence-corrected chi connectivity index (χ2v) is 11.8. The number of ether oxygens (including phenoxy) is 2. The minimum absolute atomic E-state index is 0.0154. The minimum atomic E-state index is -1.23. The highest BCUT2D eigenvalue weighted by Gasteiger charge is 2.60. The molecule has 1 aromatic heterocycles. The highest BCUT2D eigenvalue weighted by atomic mass is 16.5. The molecule has 45 heavy (non-hydrogen) atoms. The number of rotatable bonds is 12. The number of benzene rings is 3. The predicted molar refractivity (Wildman–Crippen MR) is 165 cm³/mol. The second kappa shape index (κ2) is 13.0. The third-order valence-electron chi connectivity index (χ3n) is 8.82. The quantitative estimate of drug-likeness (QED) is 0.190. The molecule has 0 aliphatic heterocycles. The average Bonchev–Trinajstić information content (AvgIpc) is 3.55. The molecule has 10 heteroatoms. The van der Waals surface area contributed by atoms with Gasteiger partial charge in [-0.3, -0.25) is 4.79 Å². The van der Waals surface area contributed by atoms with Gasteiger partial charge < -0.3 is 25.0 Å². The molecule has 3 aromatic carbocycles. The van der Waals surface area contributed by atoms with Crippen molar-refractivity contribution in [3.05, 3.63) is 107 Å². The number of hydrogen-bond donors (Lipinski definition) is 3. The van der Waals surface area contributed by atoms with Crippen molar-refractivity contribution in [2.75, 3.05) is 0 Å². The number of aromatic carboxylic acids is 2. The molecule has 4 aromatic rings. The van der Waals surface area contributed by atoms with E-state index in [0.29, 0.717) is 12.2 Å². The maximum atomic E-state index is 13.2. The van der Waals surface area contributed by atoms with Gasteiger partial charge in [-0.05, 0) is 53.6 Å². The summed E-state index contributed by atoms with van der Waals surface area (Å²) < 4.78 is 13.7. The number of nitrogens with one attached hydrogen (secondary N) is 1. The van der Waals surface area contributed by atoms with Crippen molar-refractivity contribution in [2.45, 2.75) is 64.0 Å². The standard InChI is InChI=1S/C35H35N3O7/c39-31(36-29-19-35(29)16-7-6-15-30(35)44-21-23-9-2-1-3-10-23)20-38-32(18-28(37-38)34(42)43)45-22-26-11-4-5-14-27(26)24-12-8-13-25(17-24)33(40)41/h1-5,8-14,17-18,29-30H,6-7,15-16,19-22H2,(H,36,39)(H,40,41)(H,42,43)/t29?,30-,35?/m0/s1. The molecule has 1 amide bonds. The fourth-order valence-electron chi connectivity index (χ4n) is 6.41. The van der Waals surface area contributed by atoms with Gasteiger partial charge in [-0.2, -0.15) is 5.10 Å². The van der Waals surface area contributed by atoms with Gasteiger partial charge in [0.15, 0.2) is 5.69 Å². The van der Waals surface area contributed by atoms with Gasteiger partial charge in [0, 0.05) is 17.5 Å². The van der Waals surface area contributed by atoms with Gasteiger partial charge in [0.2, 0.25) is 11.8 Å². The maximum absolute atomic E-state index is 13.2. The molecular weight excluding hydrogens is 574 g/mol. The highest BCUT2D eigenvalue weighted by Crippen LogP contribution is 2.57. The maximum Gasteiger partial charge on any atom is 0.356 e. The van der Waals surface area contributed by atoms with Crippen LogP contribution in [0.2, 0.25) is 0 Å². The summed E-state index contributed by atoms with van der Waals surface area (Å²) in [7, 11) is 0. The summed E-state index contributed by atoms with van der Waals surface area (Å²) in [6.45, 7) is 0.382. The number of carbonyl (C=O) groups excluding carboxylic acids is 1. The van der Waals surface area contributed by atoms with Crippen LogP contribution in [0.1, 0.15) is 64.1 Å². The van der Waals surface area contributed by atoms with Crippen LogP contribution in [0.25, 0.3) is 11.1 Å². The first kappa shape index (κ1) is 30.1.